The van der Waals surface area contributed by atoms with Crippen LogP contribution >= 0.6 is 0 Å². The van der Waals surface area contributed by atoms with Crippen LogP contribution in [0.3, 0.4) is 0 Å². The van der Waals surface area contributed by atoms with Crippen LogP contribution in [-0.2, 0) is 0 Å². The number of ether oxygens (including phenoxy) is 1. The molecular weight excluding hydrogens is 247 g/mol. The molecule has 0 N–H and O–H groups in total. The van der Waals surface area contributed by atoms with Gasteiger partial charge in [0.05, 0.1) is 19.0 Å². The fourth-order valence-corrected chi connectivity index (χ4v) is 1.31. The van der Waals surface area contributed by atoms with Crippen molar-refractivity contribution in [3.8, 4) is 11.6 Å². The second-order valence-electron chi connectivity index (χ2n) is 3.54. The van der Waals surface area contributed by atoms with Crippen LogP contribution in [0.15, 0.2) is 18.5 Å². The molecule has 2 aromatic heterocycles. The maximum atomic E-state index is 13.4. The van der Waals surface area contributed by atoms with Gasteiger partial charge in [0.25, 0.3) is 5.95 Å². The maximum absolute atomic E-state index is 13.4. The highest BCUT2D eigenvalue weighted by atomic mass is 19.2. The van der Waals surface area contributed by atoms with Crippen molar-refractivity contribution in [3.63, 3.8) is 0 Å². The molecule has 0 aliphatic heterocycles. The third kappa shape index (κ3) is 2.44. The lowest BCUT2D eigenvalue weighted by molar-refractivity contribution is 0.317. The van der Waals surface area contributed by atoms with Crippen LogP contribution in [0.25, 0.3) is 5.82 Å². The van der Waals surface area contributed by atoms with Crippen LogP contribution in [0.4, 0.5) is 13.2 Å². The van der Waals surface area contributed by atoms with E-state index >= 15 is 0 Å². The van der Waals surface area contributed by atoms with E-state index in [0.29, 0.717) is 18.4 Å². The van der Waals surface area contributed by atoms with Crippen molar-refractivity contribution in [2.75, 3.05) is 6.61 Å². The highest BCUT2D eigenvalue weighted by Gasteiger charge is 2.14. The number of rotatable bonds is 4. The summed E-state index contributed by atoms with van der Waals surface area (Å²) in [6.45, 7) is 2.42. The molecule has 0 aliphatic rings. The summed E-state index contributed by atoms with van der Waals surface area (Å²) in [4.78, 5) is 3.16. The molecule has 0 aromatic carbocycles. The molecule has 0 saturated carbocycles. The molecule has 0 fully saturated rings. The molecule has 0 aliphatic carbocycles. The Labute approximate surface area is 101 Å². The predicted octanol–water partition coefficient (Wildman–Crippen LogP) is 2.47. The van der Waals surface area contributed by atoms with Gasteiger partial charge in [-0.1, -0.05) is 6.92 Å². The largest absolute Gasteiger partial charge is 0.490 e. The lowest BCUT2D eigenvalue weighted by Crippen LogP contribution is -2.05. The fraction of sp³-hybridized carbons (Fsp3) is 0.273. The number of nitrogens with zero attached hydrogens (tertiary/aromatic N) is 3. The number of aromatic nitrogens is 3. The highest BCUT2D eigenvalue weighted by Crippen LogP contribution is 2.16. The molecule has 0 spiro atoms. The third-order valence-electron chi connectivity index (χ3n) is 2.12. The zero-order valence-electron chi connectivity index (χ0n) is 9.53. The van der Waals surface area contributed by atoms with Crippen molar-refractivity contribution in [2.24, 2.45) is 0 Å². The lowest BCUT2D eigenvalue weighted by atomic mass is 10.4. The van der Waals surface area contributed by atoms with Gasteiger partial charge in [-0.2, -0.15) is 14.5 Å². The predicted molar refractivity (Wildman–Crippen MR) is 57.0 cm³/mol. The van der Waals surface area contributed by atoms with Gasteiger partial charge in [0.1, 0.15) is 0 Å². The normalized spacial score (nSPS) is 10.7. The van der Waals surface area contributed by atoms with Gasteiger partial charge in [0.15, 0.2) is 23.2 Å². The molecule has 0 radical (unpaired) electrons. The second kappa shape index (κ2) is 5.07. The van der Waals surface area contributed by atoms with Crippen molar-refractivity contribution < 1.29 is 17.9 Å². The summed E-state index contributed by atoms with van der Waals surface area (Å²) in [5, 5.41) is 3.77. The molecule has 0 amide bonds. The Balaban J connectivity index is 2.31. The van der Waals surface area contributed by atoms with E-state index in [2.05, 4.69) is 10.1 Å². The first kappa shape index (κ1) is 12.4. The average Bonchev–Trinajstić information content (AvgIpc) is 2.79. The first-order chi connectivity index (χ1) is 8.61. The van der Waals surface area contributed by atoms with Crippen LogP contribution in [-0.4, -0.2) is 21.4 Å². The van der Waals surface area contributed by atoms with E-state index in [4.69, 9.17) is 4.74 Å². The molecule has 2 aromatic rings. The molecule has 2 rings (SSSR count). The topological polar surface area (TPSA) is 39.9 Å². The van der Waals surface area contributed by atoms with Gasteiger partial charge in [0, 0.05) is 6.07 Å². The van der Waals surface area contributed by atoms with Gasteiger partial charge in [-0.3, -0.25) is 0 Å². The van der Waals surface area contributed by atoms with E-state index in [1.165, 1.54) is 12.4 Å². The average molecular weight is 257 g/mol. The van der Waals surface area contributed by atoms with Crippen LogP contribution < -0.4 is 4.74 Å². The Morgan fingerprint density at radius 2 is 2.06 bits per heavy atom. The highest BCUT2D eigenvalue weighted by molar-refractivity contribution is 5.27. The summed E-state index contributed by atoms with van der Waals surface area (Å²) in [7, 11) is 0. The molecule has 0 bridgehead atoms. The van der Waals surface area contributed by atoms with Crippen molar-refractivity contribution in [2.45, 2.75) is 13.3 Å². The van der Waals surface area contributed by atoms with E-state index in [-0.39, 0.29) is 0 Å². The van der Waals surface area contributed by atoms with Crippen molar-refractivity contribution in [1.82, 2.24) is 14.8 Å². The van der Waals surface area contributed by atoms with Gasteiger partial charge >= 0.3 is 0 Å². The quantitative estimate of drug-likeness (QED) is 0.790. The molecule has 4 nitrogen and oxygen atoms in total. The van der Waals surface area contributed by atoms with Gasteiger partial charge in [0.2, 0.25) is 0 Å². The number of pyridine rings is 1. The Kier molecular flexibility index (Phi) is 3.50. The minimum atomic E-state index is -1.38. The first-order valence-electron chi connectivity index (χ1n) is 5.31. The number of halogens is 3. The zero-order chi connectivity index (χ0) is 13.1. The molecule has 96 valence electrons. The third-order valence-corrected chi connectivity index (χ3v) is 2.12. The molecule has 0 unspecified atom stereocenters. The molecule has 0 atom stereocenters. The summed E-state index contributed by atoms with van der Waals surface area (Å²) in [6, 6.07) is 0.423. The van der Waals surface area contributed by atoms with Crippen molar-refractivity contribution in [1.29, 1.82) is 0 Å². The summed E-state index contributed by atoms with van der Waals surface area (Å²) in [5.74, 6) is -3.73. The SMILES string of the molecule is CCCOc1cnn(-c2nc(F)c(F)cc2F)c1. The fourth-order valence-electron chi connectivity index (χ4n) is 1.31. The molecule has 0 saturated heterocycles. The standard InChI is InChI=1S/C11H10F3N3O/c1-2-3-18-7-5-15-17(6-7)11-9(13)4-8(12)10(14)16-11/h4-6H,2-3H2,1H3. The Hall–Kier alpha value is -2.05. The van der Waals surface area contributed by atoms with Gasteiger partial charge in [-0.05, 0) is 6.42 Å². The summed E-state index contributed by atoms with van der Waals surface area (Å²) in [5.41, 5.74) is 0. The first-order valence-corrected chi connectivity index (χ1v) is 5.31. The van der Waals surface area contributed by atoms with E-state index in [1.807, 2.05) is 6.92 Å². The van der Waals surface area contributed by atoms with E-state index in [9.17, 15) is 13.2 Å². The Bertz CT molecular complexity index is 556. The number of hydrogen-bond acceptors (Lipinski definition) is 3. The monoisotopic (exact) mass is 257 g/mol. The van der Waals surface area contributed by atoms with E-state index < -0.39 is 23.4 Å². The van der Waals surface area contributed by atoms with Crippen molar-refractivity contribution >= 4 is 0 Å². The van der Waals surface area contributed by atoms with E-state index in [1.54, 1.807) is 0 Å². The maximum Gasteiger partial charge on any atom is 0.251 e. The minimum absolute atomic E-state index is 0.405. The van der Waals surface area contributed by atoms with Crippen molar-refractivity contribution in [3.05, 3.63) is 36.0 Å². The van der Waals surface area contributed by atoms with Crippen LogP contribution in [0.5, 0.6) is 5.75 Å². The van der Waals surface area contributed by atoms with Gasteiger partial charge in [-0.15, -0.1) is 0 Å². The number of hydrogen-bond donors (Lipinski definition) is 0. The van der Waals surface area contributed by atoms with Gasteiger partial charge in [-0.25, -0.2) is 13.5 Å². The summed E-state index contributed by atoms with van der Waals surface area (Å²) < 4.78 is 45.3. The van der Waals surface area contributed by atoms with Crippen LogP contribution in [0.2, 0.25) is 0 Å². The zero-order valence-corrected chi connectivity index (χ0v) is 9.53. The lowest BCUT2D eigenvalue weighted by Gasteiger charge is -2.02. The van der Waals surface area contributed by atoms with E-state index in [0.717, 1.165) is 11.1 Å². The van der Waals surface area contributed by atoms with Crippen LogP contribution in [0.1, 0.15) is 13.3 Å². The second-order valence-corrected chi connectivity index (χ2v) is 3.54. The molecular formula is C11H10F3N3O. The van der Waals surface area contributed by atoms with Gasteiger partial charge < -0.3 is 4.74 Å². The summed E-state index contributed by atoms with van der Waals surface area (Å²) in [6.07, 6.45) is 3.50. The molecule has 18 heavy (non-hydrogen) atoms. The smallest absolute Gasteiger partial charge is 0.251 e. The molecule has 2 heterocycles. The van der Waals surface area contributed by atoms with Crippen LogP contribution in [0, 0.1) is 17.6 Å². The summed E-state index contributed by atoms with van der Waals surface area (Å²) >= 11 is 0. The minimum Gasteiger partial charge on any atom is -0.490 e. The Morgan fingerprint density at radius 3 is 2.78 bits per heavy atom. The Morgan fingerprint density at radius 1 is 1.28 bits per heavy atom. The molecule has 7 heteroatoms.